The minimum absolute atomic E-state index is 0.00919. The molecule has 1 aliphatic rings. The van der Waals surface area contributed by atoms with Crippen LogP contribution in [-0.4, -0.2) is 37.0 Å². The normalized spacial score (nSPS) is 14.9. The Morgan fingerprint density at radius 1 is 1.23 bits per heavy atom. The highest BCUT2D eigenvalue weighted by Crippen LogP contribution is 2.26. The van der Waals surface area contributed by atoms with Crippen molar-refractivity contribution >= 4 is 50.1 Å². The summed E-state index contributed by atoms with van der Waals surface area (Å²) in [5.74, 6) is -0.719. The quantitative estimate of drug-likeness (QED) is 0.715. The molecule has 3 aromatic heterocycles. The van der Waals surface area contributed by atoms with Crippen LogP contribution in [0, 0.1) is 0 Å². The van der Waals surface area contributed by atoms with Crippen molar-refractivity contribution in [2.75, 3.05) is 18.0 Å². The predicted molar refractivity (Wildman–Crippen MR) is 101 cm³/mol. The third-order valence-corrected chi connectivity index (χ3v) is 7.32. The molecule has 1 fully saturated rings. The summed E-state index contributed by atoms with van der Waals surface area (Å²) < 4.78 is 28.7. The zero-order valence-corrected chi connectivity index (χ0v) is 15.9. The summed E-state index contributed by atoms with van der Waals surface area (Å²) in [6.45, 7) is 1.94. The van der Waals surface area contributed by atoms with E-state index in [1.54, 1.807) is 10.7 Å². The first-order chi connectivity index (χ1) is 12.4. The number of rotatable bonds is 4. The van der Waals surface area contributed by atoms with Gasteiger partial charge in [0, 0.05) is 25.0 Å². The van der Waals surface area contributed by atoms with E-state index in [9.17, 15) is 13.2 Å². The van der Waals surface area contributed by atoms with Gasteiger partial charge in [0.15, 0.2) is 0 Å². The smallest absolute Gasteiger partial charge is 0.273 e. The number of anilines is 1. The number of aromatic nitrogens is 2. The van der Waals surface area contributed by atoms with Gasteiger partial charge < -0.3 is 4.90 Å². The number of amides is 1. The number of thiophene rings is 1. The summed E-state index contributed by atoms with van der Waals surface area (Å²) in [5, 5.41) is 4.14. The molecule has 0 saturated carbocycles. The Morgan fingerprint density at radius 2 is 2.00 bits per heavy atom. The third-order valence-electron chi connectivity index (χ3n) is 4.26. The maximum absolute atomic E-state index is 12.6. The van der Waals surface area contributed by atoms with Crippen molar-refractivity contribution in [1.82, 2.24) is 14.3 Å². The van der Waals surface area contributed by atoms with Crippen molar-refractivity contribution in [3.63, 3.8) is 0 Å². The van der Waals surface area contributed by atoms with Crippen LogP contribution in [0.3, 0.4) is 0 Å². The average Bonchev–Trinajstić information content (AvgIpc) is 3.34. The second kappa shape index (κ2) is 6.57. The fraction of sp³-hybridized carbons (Fsp3) is 0.250. The number of pyridine rings is 1. The van der Waals surface area contributed by atoms with Crippen LogP contribution < -0.4 is 9.62 Å². The Kier molecular flexibility index (Phi) is 4.37. The van der Waals surface area contributed by atoms with E-state index in [0.29, 0.717) is 9.85 Å². The van der Waals surface area contributed by atoms with E-state index < -0.39 is 15.9 Å². The molecule has 0 spiro atoms. The minimum atomic E-state index is -3.97. The van der Waals surface area contributed by atoms with Gasteiger partial charge in [-0.1, -0.05) is 11.6 Å². The first kappa shape index (κ1) is 17.3. The largest absolute Gasteiger partial charge is 0.371 e. The molecule has 0 bridgehead atoms. The van der Waals surface area contributed by atoms with E-state index in [1.165, 1.54) is 18.3 Å². The van der Waals surface area contributed by atoms with Crippen LogP contribution in [0.4, 0.5) is 5.69 Å². The van der Waals surface area contributed by atoms with Crippen LogP contribution in [0.1, 0.15) is 23.2 Å². The van der Waals surface area contributed by atoms with Crippen molar-refractivity contribution in [2.24, 2.45) is 0 Å². The van der Waals surface area contributed by atoms with Crippen LogP contribution >= 0.6 is 22.9 Å². The van der Waals surface area contributed by atoms with Crippen LogP contribution in [0.2, 0.25) is 4.34 Å². The maximum Gasteiger partial charge on any atom is 0.273 e. The van der Waals surface area contributed by atoms with E-state index in [0.717, 1.165) is 43.0 Å². The molecule has 1 N–H and O–H groups in total. The lowest BCUT2D eigenvalue weighted by Gasteiger charge is -2.17. The maximum atomic E-state index is 12.6. The van der Waals surface area contributed by atoms with Crippen LogP contribution in [0.25, 0.3) is 5.52 Å². The van der Waals surface area contributed by atoms with Gasteiger partial charge in [-0.2, -0.15) is 5.10 Å². The van der Waals surface area contributed by atoms with Crippen molar-refractivity contribution in [3.8, 4) is 0 Å². The van der Waals surface area contributed by atoms with Crippen molar-refractivity contribution in [2.45, 2.75) is 17.1 Å². The zero-order chi connectivity index (χ0) is 18.3. The van der Waals surface area contributed by atoms with E-state index in [2.05, 4.69) is 14.7 Å². The topological polar surface area (TPSA) is 83.8 Å². The molecule has 4 heterocycles. The second-order valence-corrected chi connectivity index (χ2v) is 9.58. The first-order valence-electron chi connectivity index (χ1n) is 7.99. The number of nitrogens with zero attached hydrogens (tertiary/aromatic N) is 3. The molecule has 1 amide bonds. The molecule has 0 atom stereocenters. The molecule has 26 heavy (non-hydrogen) atoms. The highest BCUT2D eigenvalue weighted by atomic mass is 35.5. The lowest BCUT2D eigenvalue weighted by molar-refractivity contribution is 0.0983. The minimum Gasteiger partial charge on any atom is -0.371 e. The number of hydrogen-bond acceptors (Lipinski definition) is 6. The molecular weight excluding hydrogens is 396 g/mol. The molecule has 10 heteroatoms. The van der Waals surface area contributed by atoms with Gasteiger partial charge in [-0.05, 0) is 37.1 Å². The molecule has 0 unspecified atom stereocenters. The third kappa shape index (κ3) is 3.17. The van der Waals surface area contributed by atoms with Gasteiger partial charge in [-0.25, -0.2) is 17.7 Å². The van der Waals surface area contributed by atoms with Crippen LogP contribution in [-0.2, 0) is 10.0 Å². The van der Waals surface area contributed by atoms with E-state index in [1.807, 2.05) is 12.1 Å². The summed E-state index contributed by atoms with van der Waals surface area (Å²) in [5.41, 5.74) is 1.76. The molecule has 136 valence electrons. The number of fused-ring (bicyclic) bond motifs is 1. The Bertz CT molecular complexity index is 1080. The fourth-order valence-corrected chi connectivity index (χ4v) is 5.43. The summed E-state index contributed by atoms with van der Waals surface area (Å²) in [4.78, 5) is 14.8. The molecular formula is C16H15ClN4O3S2. The van der Waals surface area contributed by atoms with Crippen molar-refractivity contribution in [1.29, 1.82) is 0 Å². The van der Waals surface area contributed by atoms with Gasteiger partial charge >= 0.3 is 0 Å². The SMILES string of the molecule is O=C(NS(=O)(=O)c1ccc(Cl)s1)c1cnn2ccc(N3CCCC3)cc12. The lowest BCUT2D eigenvalue weighted by atomic mass is 10.2. The monoisotopic (exact) mass is 410 g/mol. The fourth-order valence-electron chi connectivity index (χ4n) is 2.99. The standard InChI is InChI=1S/C16H15ClN4O3S2/c17-14-3-4-15(25-14)26(23,24)19-16(22)12-10-18-21-8-5-11(9-13(12)21)20-6-1-2-7-20/h3-5,8-10H,1-2,6-7H2,(H,19,22). The summed E-state index contributed by atoms with van der Waals surface area (Å²) in [6.07, 6.45) is 5.42. The Labute approximate surface area is 159 Å². The summed E-state index contributed by atoms with van der Waals surface area (Å²) in [6, 6.07) is 6.65. The van der Waals surface area contributed by atoms with Crippen LogP contribution in [0.5, 0.6) is 0 Å². The van der Waals surface area contributed by atoms with Gasteiger partial charge in [0.25, 0.3) is 15.9 Å². The summed E-state index contributed by atoms with van der Waals surface area (Å²) >= 11 is 6.68. The zero-order valence-electron chi connectivity index (χ0n) is 13.6. The molecule has 4 rings (SSSR count). The lowest BCUT2D eigenvalue weighted by Crippen LogP contribution is -2.30. The number of carbonyl (C=O) groups excluding carboxylic acids is 1. The van der Waals surface area contributed by atoms with Gasteiger partial charge in [0.05, 0.1) is 21.6 Å². The molecule has 1 aliphatic heterocycles. The van der Waals surface area contributed by atoms with Crippen LogP contribution in [0.15, 0.2) is 40.9 Å². The molecule has 0 aromatic carbocycles. The van der Waals surface area contributed by atoms with Crippen molar-refractivity contribution < 1.29 is 13.2 Å². The average molecular weight is 411 g/mol. The molecule has 3 aromatic rings. The molecule has 0 radical (unpaired) electrons. The predicted octanol–water partition coefficient (Wildman–Crippen LogP) is 2.77. The Morgan fingerprint density at radius 3 is 2.69 bits per heavy atom. The summed E-state index contributed by atoms with van der Waals surface area (Å²) in [7, 11) is -3.97. The van der Waals surface area contributed by atoms with E-state index >= 15 is 0 Å². The van der Waals surface area contributed by atoms with E-state index in [4.69, 9.17) is 11.6 Å². The van der Waals surface area contributed by atoms with Gasteiger partial charge in [-0.3, -0.25) is 4.79 Å². The number of halogens is 1. The molecule has 7 nitrogen and oxygen atoms in total. The van der Waals surface area contributed by atoms with Gasteiger partial charge in [0.2, 0.25) is 0 Å². The second-order valence-electron chi connectivity index (χ2n) is 5.96. The van der Waals surface area contributed by atoms with E-state index in [-0.39, 0.29) is 9.77 Å². The number of hydrogen-bond donors (Lipinski definition) is 1. The number of carbonyl (C=O) groups is 1. The highest BCUT2D eigenvalue weighted by Gasteiger charge is 2.23. The Balaban J connectivity index is 1.65. The molecule has 0 aliphatic carbocycles. The first-order valence-corrected chi connectivity index (χ1v) is 10.7. The highest BCUT2D eigenvalue weighted by molar-refractivity contribution is 7.92. The van der Waals surface area contributed by atoms with Crippen molar-refractivity contribution in [3.05, 3.63) is 46.6 Å². The van der Waals surface area contributed by atoms with Gasteiger partial charge in [-0.15, -0.1) is 11.3 Å². The van der Waals surface area contributed by atoms with Gasteiger partial charge in [0.1, 0.15) is 4.21 Å². The number of sulfonamides is 1. The Hall–Kier alpha value is -2.10. The number of nitrogens with one attached hydrogen (secondary N) is 1. The molecule has 1 saturated heterocycles.